The average molecular weight is 906 g/mol. The highest BCUT2D eigenvalue weighted by Gasteiger charge is 2.35. The van der Waals surface area contributed by atoms with E-state index >= 15 is 0 Å². The lowest BCUT2D eigenvalue weighted by Gasteiger charge is -2.36. The number of carbonyl (C=O) groups excluding carboxylic acids is 3. The molecule has 0 N–H and O–H groups in total. The van der Waals surface area contributed by atoms with Gasteiger partial charge in [0.15, 0.2) is 36.2 Å². The van der Waals surface area contributed by atoms with Crippen molar-refractivity contribution in [1.82, 2.24) is 0 Å². The molecule has 3 aromatic rings. The Morgan fingerprint density at radius 3 is 0.810 bits per heavy atom. The minimum absolute atomic E-state index is 0.0350. The summed E-state index contributed by atoms with van der Waals surface area (Å²) in [5.74, 6) is 0.105. The van der Waals surface area contributed by atoms with Crippen molar-refractivity contribution >= 4 is 85.1 Å². The number of alkyl halides is 3. The molecule has 1 heterocycles. The third-order valence-electron chi connectivity index (χ3n) is 6.70. The van der Waals surface area contributed by atoms with Crippen LogP contribution < -0.4 is 0 Å². The number of Topliss-reactive ketones (excluding diaryl/α,β-unsaturated/α-hetero) is 3. The largest absolute Gasteiger partial charge is 0.315 e. The van der Waals surface area contributed by atoms with Gasteiger partial charge in [0.2, 0.25) is 0 Å². The molecule has 0 amide bonds. The molecule has 222 valence electrons. The van der Waals surface area contributed by atoms with Gasteiger partial charge in [0, 0.05) is 33.4 Å². The van der Waals surface area contributed by atoms with Crippen LogP contribution in [0.15, 0.2) is 72.8 Å². The molecule has 0 bridgehead atoms. The predicted molar refractivity (Wildman–Crippen MR) is 188 cm³/mol. The van der Waals surface area contributed by atoms with Gasteiger partial charge in [0.25, 0.3) is 0 Å². The van der Waals surface area contributed by atoms with Gasteiger partial charge in [-0.05, 0) is 41.5 Å². The highest BCUT2D eigenvalue weighted by molar-refractivity contribution is 14.1. The summed E-state index contributed by atoms with van der Waals surface area (Å²) in [5.41, 5.74) is 4.01. The molecule has 4 rings (SSSR count). The normalized spacial score (nSPS) is 19.8. The van der Waals surface area contributed by atoms with E-state index in [1.165, 1.54) is 0 Å². The number of rotatable bonds is 9. The molecule has 3 aromatic carbocycles. The molecule has 0 saturated carbocycles. The minimum Gasteiger partial charge on any atom is -0.315 e. The van der Waals surface area contributed by atoms with Gasteiger partial charge >= 0.3 is 0 Å². The van der Waals surface area contributed by atoms with E-state index < -0.39 is 29.1 Å². The number of benzene rings is 3. The molecule has 1 saturated heterocycles. The van der Waals surface area contributed by atoms with Crippen LogP contribution in [-0.4, -0.2) is 27.6 Å². The molecule has 0 aromatic heterocycles. The van der Waals surface area contributed by atoms with Gasteiger partial charge in [0.05, 0.1) is 10.3 Å². The van der Waals surface area contributed by atoms with Crippen LogP contribution >= 0.6 is 67.8 Å². The van der Waals surface area contributed by atoms with Crippen LogP contribution in [0.5, 0.6) is 0 Å². The van der Waals surface area contributed by atoms with Crippen molar-refractivity contribution in [2.75, 3.05) is 0 Å². The molecule has 1 fully saturated rings. The first-order chi connectivity index (χ1) is 19.4. The fourth-order valence-electron chi connectivity index (χ4n) is 4.31. The van der Waals surface area contributed by atoms with Crippen LogP contribution in [0.2, 0.25) is 0 Å². The van der Waals surface area contributed by atoms with Crippen molar-refractivity contribution in [3.05, 3.63) is 106 Å². The lowest BCUT2D eigenvalue weighted by molar-refractivity contribution is -0.397. The average Bonchev–Trinajstić information content (AvgIpc) is 2.94. The van der Waals surface area contributed by atoms with Gasteiger partial charge in [-0.2, -0.15) is 0 Å². The second-order valence-corrected chi connectivity index (χ2v) is 19.8. The summed E-state index contributed by atoms with van der Waals surface area (Å²) in [6, 6.07) is 21.6. The molecular weight excluding hydrogens is 873 g/mol. The molecule has 0 spiro atoms. The highest BCUT2D eigenvalue weighted by atomic mass is 127. The molecule has 0 atom stereocenters. The smallest absolute Gasteiger partial charge is 0.190 e. The van der Waals surface area contributed by atoms with Crippen molar-refractivity contribution < 1.29 is 28.6 Å². The van der Waals surface area contributed by atoms with Crippen LogP contribution in [-0.2, 0) is 14.2 Å². The number of hydrogen-bond donors (Lipinski definition) is 0. The summed E-state index contributed by atoms with van der Waals surface area (Å²) in [6.45, 7) is 11.3. The molecule has 0 aliphatic carbocycles. The minimum atomic E-state index is -0.797. The summed E-state index contributed by atoms with van der Waals surface area (Å²) in [5, 5.41) is 0. The van der Waals surface area contributed by atoms with Crippen LogP contribution in [0, 0.1) is 0 Å². The number of hydrogen-bond acceptors (Lipinski definition) is 6. The maximum absolute atomic E-state index is 12.8. The Morgan fingerprint density at radius 2 is 0.643 bits per heavy atom. The Labute approximate surface area is 288 Å². The summed E-state index contributed by atoms with van der Waals surface area (Å²) in [7, 11) is 0. The Hall–Kier alpha value is -1.26. The number of ether oxygens (including phenoxy) is 3. The summed E-state index contributed by atoms with van der Waals surface area (Å²) in [6.07, 6.45) is -2.39. The van der Waals surface area contributed by atoms with E-state index in [0.29, 0.717) is 16.7 Å². The number of halogens is 3. The van der Waals surface area contributed by atoms with Gasteiger partial charge in [-0.3, -0.25) is 14.4 Å². The first kappa shape index (κ1) is 33.6. The molecule has 42 heavy (non-hydrogen) atoms. The Morgan fingerprint density at radius 1 is 0.452 bits per heavy atom. The van der Waals surface area contributed by atoms with Gasteiger partial charge in [-0.15, -0.1) is 0 Å². The number of ketones is 3. The van der Waals surface area contributed by atoms with E-state index in [4.69, 9.17) is 14.2 Å². The molecule has 0 radical (unpaired) electrons. The molecule has 1 aliphatic rings. The van der Waals surface area contributed by atoms with Crippen LogP contribution in [0.3, 0.4) is 0 Å². The third kappa shape index (κ3) is 8.06. The van der Waals surface area contributed by atoms with Gasteiger partial charge in [-0.25, -0.2) is 0 Å². The van der Waals surface area contributed by atoms with E-state index in [-0.39, 0.29) is 17.3 Å². The SMILES string of the molecule is CC(C)(I)C(=O)c1ccc(C2OC(c3ccc(C(=O)C(C)(C)I)cc3)OC(c3ccc(C(=O)C(C)(C)I)cc3)O2)cc1. The fourth-order valence-corrected chi connectivity index (χ4v) is 5.24. The maximum atomic E-state index is 12.8. The summed E-state index contributed by atoms with van der Waals surface area (Å²) < 4.78 is 17.3. The fraction of sp³-hybridized carbons (Fsp3) is 0.364. The number of carbonyl (C=O) groups is 3. The first-order valence-corrected chi connectivity index (χ1v) is 16.7. The zero-order chi connectivity index (χ0) is 31.0. The molecule has 1 aliphatic heterocycles. The van der Waals surface area contributed by atoms with Crippen LogP contribution in [0.25, 0.3) is 0 Å². The Kier molecular flexibility index (Phi) is 10.4. The Balaban J connectivity index is 1.65. The van der Waals surface area contributed by atoms with E-state index in [0.717, 1.165) is 16.7 Å². The molecule has 9 heteroatoms. The molecular formula is C33H33I3O6. The van der Waals surface area contributed by atoms with Crippen molar-refractivity contribution in [1.29, 1.82) is 0 Å². The highest BCUT2D eigenvalue weighted by Crippen LogP contribution is 2.42. The monoisotopic (exact) mass is 906 g/mol. The summed E-state index contributed by atoms with van der Waals surface area (Å²) >= 11 is 6.42. The van der Waals surface area contributed by atoms with E-state index in [1.807, 2.05) is 77.9 Å². The second-order valence-electron chi connectivity index (χ2n) is 11.7. The zero-order valence-corrected chi connectivity index (χ0v) is 30.7. The lowest BCUT2D eigenvalue weighted by atomic mass is 9.99. The molecule has 6 nitrogen and oxygen atoms in total. The second kappa shape index (κ2) is 13.0. The third-order valence-corrected chi connectivity index (χ3v) is 8.17. The lowest BCUT2D eigenvalue weighted by Crippen LogP contribution is -2.28. The van der Waals surface area contributed by atoms with E-state index in [1.54, 1.807) is 36.4 Å². The van der Waals surface area contributed by atoms with Crippen LogP contribution in [0.4, 0.5) is 0 Å². The molecule has 0 unspecified atom stereocenters. The van der Waals surface area contributed by atoms with Crippen molar-refractivity contribution in [3.63, 3.8) is 0 Å². The van der Waals surface area contributed by atoms with Crippen LogP contribution in [0.1, 0.15) is 108 Å². The maximum Gasteiger partial charge on any atom is 0.190 e. The zero-order valence-electron chi connectivity index (χ0n) is 24.2. The van der Waals surface area contributed by atoms with Gasteiger partial charge < -0.3 is 14.2 Å². The topological polar surface area (TPSA) is 78.9 Å². The standard InChI is InChI=1S/C33H33I3O6/c1-31(2,34)25(37)19-7-13-22(14-8-19)28-40-29(23-15-9-20(10-16-23)26(38)32(3,4)35)42-30(41-28)24-17-11-21(12-18-24)27(39)33(5,6)36/h7-18,28-30H,1-6H3. The quantitative estimate of drug-likeness (QED) is 0.121. The summed E-state index contributed by atoms with van der Waals surface area (Å²) in [4.78, 5) is 38.3. The van der Waals surface area contributed by atoms with Gasteiger partial charge in [-0.1, -0.05) is 141 Å². The van der Waals surface area contributed by atoms with E-state index in [9.17, 15) is 14.4 Å². The predicted octanol–water partition coefficient (Wildman–Crippen LogP) is 9.34. The first-order valence-electron chi connectivity index (χ1n) is 13.4. The van der Waals surface area contributed by atoms with Crippen molar-refractivity contribution in [2.24, 2.45) is 0 Å². The van der Waals surface area contributed by atoms with Crippen molar-refractivity contribution in [3.8, 4) is 0 Å². The van der Waals surface area contributed by atoms with Crippen molar-refractivity contribution in [2.45, 2.75) is 70.7 Å². The Bertz CT molecular complexity index is 1260. The van der Waals surface area contributed by atoms with E-state index in [2.05, 4.69) is 67.8 Å². The van der Waals surface area contributed by atoms with Gasteiger partial charge in [0.1, 0.15) is 0 Å².